The lowest BCUT2D eigenvalue weighted by Crippen LogP contribution is -2.38. The molecule has 3 aromatic carbocycles. The Morgan fingerprint density at radius 3 is 2.10 bits per heavy atom. The van der Waals surface area contributed by atoms with Crippen LogP contribution in [0.5, 0.6) is 5.75 Å². The normalized spacial score (nSPS) is 10.9. The van der Waals surface area contributed by atoms with Crippen LogP contribution < -0.4 is 20.1 Å². The van der Waals surface area contributed by atoms with Crippen LogP contribution in [0.3, 0.4) is 0 Å². The Labute approximate surface area is 180 Å². The van der Waals surface area contributed by atoms with Gasteiger partial charge in [-0.05, 0) is 60.7 Å². The Hall–Kier alpha value is -3.85. The molecule has 0 saturated heterocycles. The summed E-state index contributed by atoms with van der Waals surface area (Å²) in [6.45, 7) is -0.448. The first kappa shape index (κ1) is 21.8. The number of para-hydroxylation sites is 1. The third-order valence-corrected chi connectivity index (χ3v) is 6.22. The number of methoxy groups -OCH3 is 1. The molecule has 0 heterocycles. The van der Waals surface area contributed by atoms with Crippen LogP contribution in [-0.4, -0.2) is 33.9 Å². The molecule has 2 amide bonds. The lowest BCUT2D eigenvalue weighted by atomic mass is 10.2. The van der Waals surface area contributed by atoms with E-state index in [2.05, 4.69) is 5.32 Å². The van der Waals surface area contributed by atoms with Crippen molar-refractivity contribution in [2.24, 2.45) is 5.73 Å². The molecule has 31 heavy (non-hydrogen) atoms. The summed E-state index contributed by atoms with van der Waals surface area (Å²) < 4.78 is 32.7. The minimum Gasteiger partial charge on any atom is -0.497 e. The number of anilines is 2. The lowest BCUT2D eigenvalue weighted by Gasteiger charge is -2.24. The molecule has 0 aliphatic rings. The number of carbonyl (C=O) groups is 2. The molecule has 0 fully saturated rings. The van der Waals surface area contributed by atoms with Crippen LogP contribution in [0.4, 0.5) is 11.4 Å². The van der Waals surface area contributed by atoms with Gasteiger partial charge in [0.25, 0.3) is 10.0 Å². The number of benzene rings is 3. The summed E-state index contributed by atoms with van der Waals surface area (Å²) in [7, 11) is -2.54. The van der Waals surface area contributed by atoms with E-state index in [9.17, 15) is 18.0 Å². The van der Waals surface area contributed by atoms with Gasteiger partial charge in [0.05, 0.1) is 17.7 Å². The average molecular weight is 439 g/mol. The molecule has 8 nitrogen and oxygen atoms in total. The summed E-state index contributed by atoms with van der Waals surface area (Å²) >= 11 is 0. The van der Waals surface area contributed by atoms with Crippen LogP contribution in [0, 0.1) is 0 Å². The Bertz CT molecular complexity index is 1160. The van der Waals surface area contributed by atoms with Crippen molar-refractivity contribution in [1.82, 2.24) is 0 Å². The van der Waals surface area contributed by atoms with Gasteiger partial charge in [0, 0.05) is 11.3 Å². The number of amides is 2. The largest absolute Gasteiger partial charge is 0.497 e. The number of sulfonamides is 1. The van der Waals surface area contributed by atoms with E-state index in [4.69, 9.17) is 10.5 Å². The first-order chi connectivity index (χ1) is 14.8. The fourth-order valence-corrected chi connectivity index (χ4v) is 4.25. The standard InChI is InChI=1S/C22H21N3O5S/c1-30-19-11-13-20(14-12-19)31(28,29)25(18-5-3-2-4-6-18)15-21(26)24-17-9-7-16(8-10-17)22(23)27/h2-14H,15H2,1H3,(H2,23,27)(H,24,26). The van der Waals surface area contributed by atoms with E-state index in [1.165, 1.54) is 55.6 Å². The molecule has 3 N–H and O–H groups in total. The van der Waals surface area contributed by atoms with Gasteiger partial charge in [-0.2, -0.15) is 0 Å². The minimum atomic E-state index is -4.03. The fourth-order valence-electron chi connectivity index (χ4n) is 2.83. The van der Waals surface area contributed by atoms with E-state index in [1.54, 1.807) is 30.3 Å². The maximum atomic E-state index is 13.3. The quantitative estimate of drug-likeness (QED) is 0.559. The van der Waals surface area contributed by atoms with Crippen LogP contribution in [0.15, 0.2) is 83.8 Å². The molecule has 0 aliphatic carbocycles. The number of nitrogens with one attached hydrogen (secondary N) is 1. The minimum absolute atomic E-state index is 0.0239. The van der Waals surface area contributed by atoms with Crippen molar-refractivity contribution in [3.05, 3.63) is 84.4 Å². The second-order valence-corrected chi connectivity index (χ2v) is 8.37. The van der Waals surface area contributed by atoms with Crippen molar-refractivity contribution < 1.29 is 22.7 Å². The number of nitrogens with zero attached hydrogens (tertiary/aromatic N) is 1. The van der Waals surface area contributed by atoms with Gasteiger partial charge in [-0.1, -0.05) is 18.2 Å². The smallest absolute Gasteiger partial charge is 0.264 e. The highest BCUT2D eigenvalue weighted by atomic mass is 32.2. The number of rotatable bonds is 8. The highest BCUT2D eigenvalue weighted by molar-refractivity contribution is 7.92. The molecular weight excluding hydrogens is 418 g/mol. The molecule has 0 saturated carbocycles. The fraction of sp³-hybridized carbons (Fsp3) is 0.0909. The van der Waals surface area contributed by atoms with Crippen molar-refractivity contribution in [3.63, 3.8) is 0 Å². The number of hydrogen-bond donors (Lipinski definition) is 2. The van der Waals surface area contributed by atoms with Crippen LogP contribution in [0.25, 0.3) is 0 Å². The molecule has 3 rings (SSSR count). The van der Waals surface area contributed by atoms with Gasteiger partial charge < -0.3 is 15.8 Å². The zero-order valence-corrected chi connectivity index (χ0v) is 17.5. The van der Waals surface area contributed by atoms with Crippen LogP contribution in [-0.2, 0) is 14.8 Å². The van der Waals surface area contributed by atoms with Gasteiger partial charge in [-0.3, -0.25) is 13.9 Å². The first-order valence-corrected chi connectivity index (χ1v) is 10.7. The zero-order valence-electron chi connectivity index (χ0n) is 16.7. The Balaban J connectivity index is 1.87. The number of carbonyl (C=O) groups excluding carboxylic acids is 2. The molecule has 9 heteroatoms. The SMILES string of the molecule is COc1ccc(S(=O)(=O)N(CC(=O)Nc2ccc(C(N)=O)cc2)c2ccccc2)cc1. The van der Waals surface area contributed by atoms with Gasteiger partial charge in [0.1, 0.15) is 12.3 Å². The van der Waals surface area contributed by atoms with Crippen molar-refractivity contribution in [3.8, 4) is 5.75 Å². The summed E-state index contributed by atoms with van der Waals surface area (Å²) in [5, 5.41) is 2.63. The molecule has 0 unspecified atom stereocenters. The molecule has 160 valence electrons. The molecule has 0 aliphatic heterocycles. The van der Waals surface area contributed by atoms with E-state index in [0.29, 0.717) is 22.7 Å². The van der Waals surface area contributed by atoms with Gasteiger partial charge in [0.2, 0.25) is 11.8 Å². The van der Waals surface area contributed by atoms with E-state index in [-0.39, 0.29) is 4.90 Å². The van der Waals surface area contributed by atoms with Crippen molar-refractivity contribution in [2.45, 2.75) is 4.90 Å². The van der Waals surface area contributed by atoms with Crippen molar-refractivity contribution >= 4 is 33.2 Å². The van der Waals surface area contributed by atoms with E-state index in [0.717, 1.165) is 4.31 Å². The third kappa shape index (κ3) is 5.20. The molecule has 0 radical (unpaired) electrons. The summed E-state index contributed by atoms with van der Waals surface area (Å²) in [5.41, 5.74) is 6.26. The summed E-state index contributed by atoms with van der Waals surface area (Å²) in [6.07, 6.45) is 0. The summed E-state index contributed by atoms with van der Waals surface area (Å²) in [5.74, 6) is -0.617. The molecule has 0 atom stereocenters. The van der Waals surface area contributed by atoms with Crippen molar-refractivity contribution in [1.29, 1.82) is 0 Å². The van der Waals surface area contributed by atoms with E-state index >= 15 is 0 Å². The second kappa shape index (κ2) is 9.31. The van der Waals surface area contributed by atoms with Crippen molar-refractivity contribution in [2.75, 3.05) is 23.3 Å². The zero-order chi connectivity index (χ0) is 22.4. The van der Waals surface area contributed by atoms with Gasteiger partial charge >= 0.3 is 0 Å². The Morgan fingerprint density at radius 1 is 0.935 bits per heavy atom. The molecular formula is C22H21N3O5S. The van der Waals surface area contributed by atoms with Crippen LogP contribution >= 0.6 is 0 Å². The maximum Gasteiger partial charge on any atom is 0.264 e. The predicted octanol–water partition coefficient (Wildman–Crippen LogP) is 2.63. The number of nitrogens with two attached hydrogens (primary N) is 1. The van der Waals surface area contributed by atoms with E-state index in [1.807, 2.05) is 0 Å². The summed E-state index contributed by atoms with van der Waals surface area (Å²) in [6, 6.07) is 20.2. The topological polar surface area (TPSA) is 119 Å². The molecule has 3 aromatic rings. The summed E-state index contributed by atoms with van der Waals surface area (Å²) in [4.78, 5) is 23.9. The highest BCUT2D eigenvalue weighted by Gasteiger charge is 2.27. The molecule has 0 spiro atoms. The number of ether oxygens (including phenoxy) is 1. The van der Waals surface area contributed by atoms with Crippen LogP contribution in [0.2, 0.25) is 0 Å². The first-order valence-electron chi connectivity index (χ1n) is 9.23. The maximum absolute atomic E-state index is 13.3. The molecule has 0 bridgehead atoms. The Kier molecular flexibility index (Phi) is 6.56. The van der Waals surface area contributed by atoms with E-state index < -0.39 is 28.4 Å². The molecule has 0 aromatic heterocycles. The van der Waals surface area contributed by atoms with Gasteiger partial charge in [-0.15, -0.1) is 0 Å². The average Bonchev–Trinajstić information content (AvgIpc) is 2.78. The third-order valence-electron chi connectivity index (χ3n) is 4.43. The predicted molar refractivity (Wildman–Crippen MR) is 118 cm³/mol. The number of primary amides is 1. The van der Waals surface area contributed by atoms with Gasteiger partial charge in [-0.25, -0.2) is 8.42 Å². The lowest BCUT2D eigenvalue weighted by molar-refractivity contribution is -0.114. The highest BCUT2D eigenvalue weighted by Crippen LogP contribution is 2.25. The van der Waals surface area contributed by atoms with Gasteiger partial charge in [0.15, 0.2) is 0 Å². The second-order valence-electron chi connectivity index (χ2n) is 6.51. The Morgan fingerprint density at radius 2 is 1.55 bits per heavy atom. The number of hydrogen-bond acceptors (Lipinski definition) is 5. The monoisotopic (exact) mass is 439 g/mol. The van der Waals surface area contributed by atoms with Crippen LogP contribution in [0.1, 0.15) is 10.4 Å².